The number of nitrogens with zero attached hydrogens (tertiary/aromatic N) is 3. The van der Waals surface area contributed by atoms with Crippen molar-refractivity contribution < 1.29 is 13.9 Å². The monoisotopic (exact) mass is 407 g/mol. The first-order valence-corrected chi connectivity index (χ1v) is 8.89. The Morgan fingerprint density at radius 3 is 2.70 bits per heavy atom. The highest BCUT2D eigenvalue weighted by atomic mass is 35.5. The van der Waals surface area contributed by atoms with E-state index < -0.39 is 29.0 Å². The summed E-state index contributed by atoms with van der Waals surface area (Å²) < 4.78 is 29.3. The fraction of sp³-hybridized carbons (Fsp3) is 0.158. The van der Waals surface area contributed by atoms with Gasteiger partial charge in [0.05, 0.1) is 27.0 Å². The average molecular weight is 408 g/mol. The van der Waals surface area contributed by atoms with E-state index in [0.29, 0.717) is 23.6 Å². The molecule has 0 spiro atoms. The topological polar surface area (TPSA) is 48.2 Å². The molecule has 0 amide bonds. The van der Waals surface area contributed by atoms with Crippen molar-refractivity contribution in [2.24, 2.45) is 9.98 Å². The standard InChI is InChI=1S/C19H13Cl2F2N3O/c1-9-19-24-7-2-8-26(19)12-5-3-10(20)16(21)15(12)18(25-9)14-11(22)4-6-13(27)17(14)23/h2-7,9,27H,8H2,1H3/t9-/m0/s1. The molecule has 1 atom stereocenters. The molecule has 2 aromatic rings. The van der Waals surface area contributed by atoms with Crippen LogP contribution in [-0.4, -0.2) is 29.2 Å². The van der Waals surface area contributed by atoms with Gasteiger partial charge in [-0.1, -0.05) is 23.2 Å². The Morgan fingerprint density at radius 1 is 1.15 bits per heavy atom. The second-order valence-corrected chi connectivity index (χ2v) is 6.93. The Morgan fingerprint density at radius 2 is 1.93 bits per heavy atom. The van der Waals surface area contributed by atoms with E-state index in [9.17, 15) is 13.9 Å². The zero-order valence-electron chi connectivity index (χ0n) is 14.0. The van der Waals surface area contributed by atoms with Crippen LogP contribution in [0.15, 0.2) is 46.5 Å². The molecule has 0 aliphatic carbocycles. The summed E-state index contributed by atoms with van der Waals surface area (Å²) in [5, 5.41) is 10.1. The predicted octanol–water partition coefficient (Wildman–Crippen LogP) is 4.95. The van der Waals surface area contributed by atoms with Gasteiger partial charge >= 0.3 is 0 Å². The highest BCUT2D eigenvalue weighted by Crippen LogP contribution is 2.39. The Balaban J connectivity index is 2.09. The summed E-state index contributed by atoms with van der Waals surface area (Å²) >= 11 is 12.6. The third kappa shape index (κ3) is 2.80. The molecule has 2 aromatic carbocycles. The average Bonchev–Trinajstić information content (AvgIpc) is 2.78. The molecule has 8 heteroatoms. The highest BCUT2D eigenvalue weighted by Gasteiger charge is 2.33. The van der Waals surface area contributed by atoms with Gasteiger partial charge in [0.25, 0.3) is 0 Å². The Bertz CT molecular complexity index is 1050. The molecule has 0 bridgehead atoms. The maximum Gasteiger partial charge on any atom is 0.177 e. The summed E-state index contributed by atoms with van der Waals surface area (Å²) in [5.74, 6) is -2.03. The van der Waals surface area contributed by atoms with Crippen molar-refractivity contribution in [2.45, 2.75) is 13.0 Å². The van der Waals surface area contributed by atoms with Crippen molar-refractivity contribution in [2.75, 3.05) is 11.4 Å². The van der Waals surface area contributed by atoms with E-state index in [1.807, 2.05) is 11.0 Å². The van der Waals surface area contributed by atoms with Gasteiger partial charge in [0.15, 0.2) is 11.6 Å². The molecule has 27 heavy (non-hydrogen) atoms. The van der Waals surface area contributed by atoms with Crippen LogP contribution in [0.25, 0.3) is 0 Å². The molecule has 0 radical (unpaired) electrons. The Kier molecular flexibility index (Phi) is 4.40. The second kappa shape index (κ2) is 6.62. The van der Waals surface area contributed by atoms with Gasteiger partial charge in [-0.2, -0.15) is 0 Å². The van der Waals surface area contributed by atoms with Crippen molar-refractivity contribution >= 4 is 40.4 Å². The minimum absolute atomic E-state index is 0.0204. The molecule has 138 valence electrons. The number of hydrogen-bond donors (Lipinski definition) is 1. The second-order valence-electron chi connectivity index (χ2n) is 6.15. The lowest BCUT2D eigenvalue weighted by Crippen LogP contribution is -2.38. The van der Waals surface area contributed by atoms with Gasteiger partial charge in [0.2, 0.25) is 0 Å². The summed E-state index contributed by atoms with van der Waals surface area (Å²) in [4.78, 5) is 10.8. The Hall–Kier alpha value is -2.44. The number of phenols is 1. The number of amidine groups is 1. The van der Waals surface area contributed by atoms with E-state index in [1.54, 1.807) is 25.3 Å². The summed E-state index contributed by atoms with van der Waals surface area (Å²) in [6, 6.07) is 4.75. The Labute approximate surface area is 164 Å². The maximum absolute atomic E-state index is 14.7. The van der Waals surface area contributed by atoms with Crippen molar-refractivity contribution in [3.63, 3.8) is 0 Å². The molecule has 2 aliphatic heterocycles. The smallest absolute Gasteiger partial charge is 0.177 e. The number of halogens is 4. The minimum atomic E-state index is -1.11. The van der Waals surface area contributed by atoms with Gasteiger partial charge in [-0.15, -0.1) is 0 Å². The largest absolute Gasteiger partial charge is 0.505 e. The SMILES string of the molecule is C[C@@H]1N=C(c2c(F)ccc(O)c2F)c2c(ccc(Cl)c2Cl)N2CC=CN=C12. The van der Waals surface area contributed by atoms with E-state index in [1.165, 1.54) is 0 Å². The van der Waals surface area contributed by atoms with Gasteiger partial charge in [-0.3, -0.25) is 4.99 Å². The van der Waals surface area contributed by atoms with Gasteiger partial charge in [0.1, 0.15) is 17.7 Å². The number of phenolic OH excluding ortho intramolecular Hbond substituents is 1. The number of aromatic hydroxyl groups is 1. The maximum atomic E-state index is 14.7. The summed E-state index contributed by atoms with van der Waals surface area (Å²) in [7, 11) is 0. The molecular weight excluding hydrogens is 395 g/mol. The third-order valence-corrected chi connectivity index (χ3v) is 5.29. The summed E-state index contributed by atoms with van der Waals surface area (Å²) in [5.41, 5.74) is 0.395. The molecule has 0 saturated carbocycles. The van der Waals surface area contributed by atoms with Crippen LogP contribution in [0.3, 0.4) is 0 Å². The predicted molar refractivity (Wildman–Crippen MR) is 104 cm³/mol. The van der Waals surface area contributed by atoms with Gasteiger partial charge in [0, 0.05) is 18.3 Å². The van der Waals surface area contributed by atoms with Crippen molar-refractivity contribution in [1.82, 2.24) is 0 Å². The zero-order chi connectivity index (χ0) is 19.3. The highest BCUT2D eigenvalue weighted by molar-refractivity contribution is 6.45. The molecule has 0 saturated heterocycles. The lowest BCUT2D eigenvalue weighted by atomic mass is 9.98. The first kappa shape index (κ1) is 17.9. The normalized spacial score (nSPS) is 18.4. The minimum Gasteiger partial charge on any atom is -0.505 e. The van der Waals surface area contributed by atoms with Crippen LogP contribution in [0.2, 0.25) is 10.0 Å². The van der Waals surface area contributed by atoms with Gasteiger partial charge in [-0.25, -0.2) is 13.8 Å². The van der Waals surface area contributed by atoms with E-state index in [4.69, 9.17) is 23.2 Å². The molecule has 1 N–H and O–H groups in total. The first-order chi connectivity index (χ1) is 12.9. The fourth-order valence-electron chi connectivity index (χ4n) is 3.25. The molecule has 2 aliphatic rings. The molecule has 0 unspecified atom stereocenters. The van der Waals surface area contributed by atoms with Crippen LogP contribution >= 0.6 is 23.2 Å². The van der Waals surface area contributed by atoms with Crippen molar-refractivity contribution in [3.8, 4) is 5.75 Å². The van der Waals surface area contributed by atoms with Crippen LogP contribution < -0.4 is 4.90 Å². The molecule has 4 nitrogen and oxygen atoms in total. The van der Waals surface area contributed by atoms with E-state index >= 15 is 0 Å². The molecule has 0 aromatic heterocycles. The number of hydrogen-bond acceptors (Lipinski definition) is 4. The summed E-state index contributed by atoms with van der Waals surface area (Å²) in [6.45, 7) is 2.27. The van der Waals surface area contributed by atoms with Crippen molar-refractivity contribution in [1.29, 1.82) is 0 Å². The van der Waals surface area contributed by atoms with Crippen LogP contribution in [0.4, 0.5) is 14.5 Å². The number of fused-ring (bicyclic) bond motifs is 3. The van der Waals surface area contributed by atoms with Gasteiger partial charge < -0.3 is 10.0 Å². The first-order valence-electron chi connectivity index (χ1n) is 8.14. The quantitative estimate of drug-likeness (QED) is 0.726. The number of aliphatic imine (C=N–C) groups is 2. The number of benzene rings is 2. The van der Waals surface area contributed by atoms with Gasteiger partial charge in [-0.05, 0) is 37.3 Å². The molecule has 2 heterocycles. The molecule has 4 rings (SSSR count). The molecular formula is C19H13Cl2F2N3O. The van der Waals surface area contributed by atoms with Crippen molar-refractivity contribution in [3.05, 3.63) is 69.3 Å². The van der Waals surface area contributed by atoms with Crippen LogP contribution in [0, 0.1) is 11.6 Å². The molecule has 0 fully saturated rings. The lowest BCUT2D eigenvalue weighted by Gasteiger charge is -2.28. The van der Waals surface area contributed by atoms with Crippen LogP contribution in [0.1, 0.15) is 18.1 Å². The fourth-order valence-corrected chi connectivity index (χ4v) is 3.66. The lowest BCUT2D eigenvalue weighted by molar-refractivity contribution is 0.427. The number of rotatable bonds is 1. The zero-order valence-corrected chi connectivity index (χ0v) is 15.6. The van der Waals surface area contributed by atoms with E-state index in [2.05, 4.69) is 9.98 Å². The van der Waals surface area contributed by atoms with Crippen LogP contribution in [-0.2, 0) is 0 Å². The van der Waals surface area contributed by atoms with Crippen LogP contribution in [0.5, 0.6) is 5.75 Å². The number of anilines is 1. The summed E-state index contributed by atoms with van der Waals surface area (Å²) in [6.07, 6.45) is 3.51. The third-order valence-electron chi connectivity index (χ3n) is 4.48. The van der Waals surface area contributed by atoms with E-state index in [-0.39, 0.29) is 15.8 Å². The van der Waals surface area contributed by atoms with E-state index in [0.717, 1.165) is 12.1 Å².